The molecule has 0 bridgehead atoms. The minimum absolute atomic E-state index is 0.239. The number of hydrogen-bond acceptors (Lipinski definition) is 3. The Morgan fingerprint density at radius 2 is 1.83 bits per heavy atom. The van der Waals surface area contributed by atoms with E-state index in [2.05, 4.69) is 4.98 Å². The smallest absolute Gasteiger partial charge is 0.147 e. The van der Waals surface area contributed by atoms with Crippen LogP contribution in [0.3, 0.4) is 0 Å². The van der Waals surface area contributed by atoms with E-state index in [1.54, 1.807) is 12.1 Å². The molecule has 0 amide bonds. The second-order valence-corrected chi connectivity index (χ2v) is 4.29. The van der Waals surface area contributed by atoms with Crippen molar-refractivity contribution in [3.05, 3.63) is 59.7 Å². The normalized spacial score (nSPS) is 12.2. The van der Waals surface area contributed by atoms with Gasteiger partial charge in [0.15, 0.2) is 0 Å². The van der Waals surface area contributed by atoms with E-state index >= 15 is 0 Å². The SMILES string of the molecule is CN(C)c1ccc(C(O)c2ccncc2F)cc1. The summed E-state index contributed by atoms with van der Waals surface area (Å²) >= 11 is 0. The van der Waals surface area contributed by atoms with E-state index in [9.17, 15) is 9.50 Å². The highest BCUT2D eigenvalue weighted by Gasteiger charge is 2.14. The molecule has 0 spiro atoms. The molecule has 1 heterocycles. The molecule has 0 aliphatic heterocycles. The van der Waals surface area contributed by atoms with Crippen molar-refractivity contribution in [2.24, 2.45) is 0 Å². The van der Waals surface area contributed by atoms with Crippen LogP contribution in [0.2, 0.25) is 0 Å². The molecule has 0 fully saturated rings. The summed E-state index contributed by atoms with van der Waals surface area (Å²) in [4.78, 5) is 5.63. The van der Waals surface area contributed by atoms with Crippen LogP contribution in [-0.4, -0.2) is 24.2 Å². The number of anilines is 1. The Bertz CT molecular complexity index is 526. The van der Waals surface area contributed by atoms with Crippen molar-refractivity contribution in [1.82, 2.24) is 4.98 Å². The molecule has 1 N–H and O–H groups in total. The van der Waals surface area contributed by atoms with Gasteiger partial charge in [0.25, 0.3) is 0 Å². The zero-order valence-corrected chi connectivity index (χ0v) is 10.3. The fourth-order valence-corrected chi connectivity index (χ4v) is 1.74. The summed E-state index contributed by atoms with van der Waals surface area (Å²) in [5.41, 5.74) is 1.93. The van der Waals surface area contributed by atoms with Crippen molar-refractivity contribution in [3.63, 3.8) is 0 Å². The number of aliphatic hydroxyl groups is 1. The zero-order chi connectivity index (χ0) is 13.1. The lowest BCUT2D eigenvalue weighted by Crippen LogP contribution is -2.09. The summed E-state index contributed by atoms with van der Waals surface area (Å²) in [5.74, 6) is -0.498. The maximum Gasteiger partial charge on any atom is 0.147 e. The first-order valence-electron chi connectivity index (χ1n) is 5.64. The molecule has 0 saturated heterocycles. The Labute approximate surface area is 106 Å². The van der Waals surface area contributed by atoms with E-state index < -0.39 is 11.9 Å². The first kappa shape index (κ1) is 12.5. The van der Waals surface area contributed by atoms with Gasteiger partial charge >= 0.3 is 0 Å². The molecule has 0 aliphatic carbocycles. The predicted molar refractivity (Wildman–Crippen MR) is 69.0 cm³/mol. The van der Waals surface area contributed by atoms with Crippen LogP contribution in [0.15, 0.2) is 42.7 Å². The Hall–Kier alpha value is -1.94. The van der Waals surface area contributed by atoms with Crippen LogP contribution in [0.25, 0.3) is 0 Å². The summed E-state index contributed by atoms with van der Waals surface area (Å²) in [6, 6.07) is 8.84. The number of nitrogens with zero attached hydrogens (tertiary/aromatic N) is 2. The van der Waals surface area contributed by atoms with Crippen molar-refractivity contribution >= 4 is 5.69 Å². The lowest BCUT2D eigenvalue weighted by atomic mass is 10.0. The Morgan fingerprint density at radius 3 is 2.39 bits per heavy atom. The number of halogens is 1. The molecule has 0 radical (unpaired) electrons. The molecular formula is C14H15FN2O. The number of aromatic nitrogens is 1. The quantitative estimate of drug-likeness (QED) is 0.903. The fraction of sp³-hybridized carbons (Fsp3) is 0.214. The fourth-order valence-electron chi connectivity index (χ4n) is 1.74. The molecule has 2 aromatic rings. The molecule has 4 heteroatoms. The third-order valence-electron chi connectivity index (χ3n) is 2.82. The van der Waals surface area contributed by atoms with Crippen molar-refractivity contribution < 1.29 is 9.50 Å². The van der Waals surface area contributed by atoms with Crippen LogP contribution >= 0.6 is 0 Å². The van der Waals surface area contributed by atoms with Gasteiger partial charge in [0.05, 0.1) is 6.20 Å². The minimum atomic E-state index is -0.968. The summed E-state index contributed by atoms with van der Waals surface area (Å²) in [6.45, 7) is 0. The summed E-state index contributed by atoms with van der Waals surface area (Å²) in [5, 5.41) is 10.1. The van der Waals surface area contributed by atoms with Crippen molar-refractivity contribution in [1.29, 1.82) is 0 Å². The summed E-state index contributed by atoms with van der Waals surface area (Å²) in [6.07, 6.45) is 1.60. The van der Waals surface area contributed by atoms with Gasteiger partial charge in [0.1, 0.15) is 11.9 Å². The van der Waals surface area contributed by atoms with Crippen LogP contribution in [0, 0.1) is 5.82 Å². The first-order valence-corrected chi connectivity index (χ1v) is 5.64. The highest BCUT2D eigenvalue weighted by Crippen LogP contribution is 2.25. The van der Waals surface area contributed by atoms with E-state index in [1.807, 2.05) is 31.1 Å². The van der Waals surface area contributed by atoms with E-state index in [-0.39, 0.29) is 5.56 Å². The predicted octanol–water partition coefficient (Wildman–Crippen LogP) is 2.37. The van der Waals surface area contributed by atoms with Gasteiger partial charge in [-0.1, -0.05) is 12.1 Å². The molecule has 94 valence electrons. The van der Waals surface area contributed by atoms with E-state index in [0.717, 1.165) is 11.9 Å². The molecule has 1 aromatic carbocycles. The van der Waals surface area contributed by atoms with Gasteiger partial charge in [-0.25, -0.2) is 4.39 Å². The highest BCUT2D eigenvalue weighted by molar-refractivity contribution is 5.47. The topological polar surface area (TPSA) is 36.4 Å². The number of benzene rings is 1. The van der Waals surface area contributed by atoms with E-state index in [0.29, 0.717) is 5.56 Å². The third kappa shape index (κ3) is 2.49. The second-order valence-electron chi connectivity index (χ2n) is 4.29. The number of rotatable bonds is 3. The van der Waals surface area contributed by atoms with E-state index in [4.69, 9.17) is 0 Å². The molecule has 0 saturated carbocycles. The molecule has 3 nitrogen and oxygen atoms in total. The number of hydrogen-bond donors (Lipinski definition) is 1. The lowest BCUT2D eigenvalue weighted by Gasteiger charge is -2.15. The van der Waals surface area contributed by atoms with Gasteiger partial charge in [0.2, 0.25) is 0 Å². The van der Waals surface area contributed by atoms with Gasteiger partial charge in [-0.15, -0.1) is 0 Å². The first-order chi connectivity index (χ1) is 8.59. The van der Waals surface area contributed by atoms with Gasteiger partial charge in [0, 0.05) is 31.5 Å². The number of pyridine rings is 1. The lowest BCUT2D eigenvalue weighted by molar-refractivity contribution is 0.214. The van der Waals surface area contributed by atoms with E-state index in [1.165, 1.54) is 12.3 Å². The van der Waals surface area contributed by atoms with Crippen LogP contribution in [0.4, 0.5) is 10.1 Å². The average Bonchev–Trinajstić information content (AvgIpc) is 2.38. The second kappa shape index (κ2) is 5.14. The van der Waals surface area contributed by atoms with Crippen molar-refractivity contribution in [2.45, 2.75) is 6.10 Å². The third-order valence-corrected chi connectivity index (χ3v) is 2.82. The standard InChI is InChI=1S/C14H15FN2O/c1-17(2)11-5-3-10(4-6-11)14(18)12-7-8-16-9-13(12)15/h3-9,14,18H,1-2H3. The van der Waals surface area contributed by atoms with Crippen molar-refractivity contribution in [3.8, 4) is 0 Å². The molecule has 0 aliphatic rings. The molecular weight excluding hydrogens is 231 g/mol. The maximum absolute atomic E-state index is 13.5. The van der Waals surface area contributed by atoms with Crippen LogP contribution < -0.4 is 4.90 Å². The molecule has 18 heavy (non-hydrogen) atoms. The van der Waals surface area contributed by atoms with Gasteiger partial charge in [-0.05, 0) is 23.8 Å². The Balaban J connectivity index is 2.29. The zero-order valence-electron chi connectivity index (χ0n) is 10.3. The average molecular weight is 246 g/mol. The molecule has 1 atom stereocenters. The van der Waals surface area contributed by atoms with Crippen LogP contribution in [0.5, 0.6) is 0 Å². The Kier molecular flexibility index (Phi) is 3.58. The monoisotopic (exact) mass is 246 g/mol. The highest BCUT2D eigenvalue weighted by atomic mass is 19.1. The number of aliphatic hydroxyl groups excluding tert-OH is 1. The molecule has 1 unspecified atom stereocenters. The van der Waals surface area contributed by atoms with Crippen molar-refractivity contribution in [2.75, 3.05) is 19.0 Å². The van der Waals surface area contributed by atoms with Gasteiger partial charge in [-0.2, -0.15) is 0 Å². The maximum atomic E-state index is 13.5. The van der Waals surface area contributed by atoms with Crippen LogP contribution in [0.1, 0.15) is 17.2 Å². The van der Waals surface area contributed by atoms with Crippen LogP contribution in [-0.2, 0) is 0 Å². The van der Waals surface area contributed by atoms with Gasteiger partial charge in [-0.3, -0.25) is 4.98 Å². The Morgan fingerprint density at radius 1 is 1.17 bits per heavy atom. The summed E-state index contributed by atoms with van der Waals surface area (Å²) < 4.78 is 13.5. The largest absolute Gasteiger partial charge is 0.384 e. The molecule has 2 rings (SSSR count). The molecule has 1 aromatic heterocycles. The van der Waals surface area contributed by atoms with Gasteiger partial charge < -0.3 is 10.0 Å². The minimum Gasteiger partial charge on any atom is -0.384 e. The summed E-state index contributed by atoms with van der Waals surface area (Å²) in [7, 11) is 3.88.